The highest BCUT2D eigenvalue weighted by Crippen LogP contribution is 2.23. The molecule has 0 bridgehead atoms. The van der Waals surface area contributed by atoms with E-state index in [9.17, 15) is 4.79 Å². The number of carbonyl (C=O) groups excluding carboxylic acids is 1. The minimum absolute atomic E-state index is 0.0391. The van der Waals surface area contributed by atoms with Crippen LogP contribution in [0.15, 0.2) is 30.5 Å². The second kappa shape index (κ2) is 6.99. The van der Waals surface area contributed by atoms with Gasteiger partial charge in [0.1, 0.15) is 0 Å². The lowest BCUT2D eigenvalue weighted by Gasteiger charge is -2.32. The van der Waals surface area contributed by atoms with Crippen LogP contribution in [-0.2, 0) is 4.79 Å². The first kappa shape index (κ1) is 16.4. The number of aromatic nitrogens is 2. The van der Waals surface area contributed by atoms with E-state index in [1.807, 2.05) is 32.0 Å². The van der Waals surface area contributed by atoms with Gasteiger partial charge in [-0.2, -0.15) is 0 Å². The Morgan fingerprint density at radius 2 is 2.08 bits per heavy atom. The number of anilines is 2. The first-order chi connectivity index (χ1) is 11.5. The van der Waals surface area contributed by atoms with Gasteiger partial charge in [-0.15, -0.1) is 0 Å². The fourth-order valence-electron chi connectivity index (χ4n) is 3.08. The summed E-state index contributed by atoms with van der Waals surface area (Å²) in [6.07, 6.45) is 3.65. The molecule has 1 N–H and O–H groups in total. The third-order valence-electron chi connectivity index (χ3n) is 4.72. The summed E-state index contributed by atoms with van der Waals surface area (Å²) in [6, 6.07) is 7.89. The topological polar surface area (TPSA) is 58.1 Å². The van der Waals surface area contributed by atoms with E-state index in [-0.39, 0.29) is 11.8 Å². The molecule has 126 valence electrons. The van der Waals surface area contributed by atoms with Crippen molar-refractivity contribution in [3.05, 3.63) is 47.3 Å². The van der Waals surface area contributed by atoms with Crippen LogP contribution in [0.5, 0.6) is 0 Å². The number of amides is 1. The van der Waals surface area contributed by atoms with Crippen molar-refractivity contribution in [2.45, 2.75) is 33.6 Å². The van der Waals surface area contributed by atoms with Gasteiger partial charge in [-0.3, -0.25) is 4.79 Å². The van der Waals surface area contributed by atoms with Crippen molar-refractivity contribution in [2.75, 3.05) is 23.3 Å². The molecular formula is C19H24N4O. The SMILES string of the molecule is Cc1ccnc(N2CCC[C@H](C(=O)Nc3cccc(C)c3C)C2)n1. The second-order valence-corrected chi connectivity index (χ2v) is 6.52. The summed E-state index contributed by atoms with van der Waals surface area (Å²) in [4.78, 5) is 23.6. The molecule has 1 aliphatic heterocycles. The number of rotatable bonds is 3. The minimum Gasteiger partial charge on any atom is -0.340 e. The normalized spacial score (nSPS) is 17.6. The van der Waals surface area contributed by atoms with Gasteiger partial charge in [0.25, 0.3) is 0 Å². The van der Waals surface area contributed by atoms with Crippen LogP contribution in [0.2, 0.25) is 0 Å². The van der Waals surface area contributed by atoms with Gasteiger partial charge in [-0.1, -0.05) is 12.1 Å². The van der Waals surface area contributed by atoms with Crippen LogP contribution in [-0.4, -0.2) is 29.0 Å². The molecule has 0 unspecified atom stereocenters. The van der Waals surface area contributed by atoms with Crippen LogP contribution in [0.4, 0.5) is 11.6 Å². The molecule has 3 rings (SSSR count). The number of benzene rings is 1. The lowest BCUT2D eigenvalue weighted by atomic mass is 9.97. The maximum Gasteiger partial charge on any atom is 0.229 e. The summed E-state index contributed by atoms with van der Waals surface area (Å²) < 4.78 is 0. The molecule has 0 aliphatic carbocycles. The molecule has 0 saturated carbocycles. The smallest absolute Gasteiger partial charge is 0.229 e. The maximum absolute atomic E-state index is 12.7. The van der Waals surface area contributed by atoms with E-state index in [4.69, 9.17) is 0 Å². The third-order valence-corrected chi connectivity index (χ3v) is 4.72. The summed E-state index contributed by atoms with van der Waals surface area (Å²) in [5.41, 5.74) is 4.16. The van der Waals surface area contributed by atoms with Crippen molar-refractivity contribution in [3.63, 3.8) is 0 Å². The van der Waals surface area contributed by atoms with Gasteiger partial charge in [0.15, 0.2) is 0 Å². The van der Waals surface area contributed by atoms with E-state index in [1.165, 1.54) is 5.56 Å². The van der Waals surface area contributed by atoms with Gasteiger partial charge in [0.05, 0.1) is 5.92 Å². The van der Waals surface area contributed by atoms with E-state index in [1.54, 1.807) is 6.20 Å². The van der Waals surface area contributed by atoms with Crippen LogP contribution >= 0.6 is 0 Å². The molecule has 0 spiro atoms. The fourth-order valence-corrected chi connectivity index (χ4v) is 3.08. The highest BCUT2D eigenvalue weighted by atomic mass is 16.1. The summed E-state index contributed by atoms with van der Waals surface area (Å²) in [5, 5.41) is 3.10. The average molecular weight is 324 g/mol. The van der Waals surface area contributed by atoms with Crippen LogP contribution < -0.4 is 10.2 Å². The van der Waals surface area contributed by atoms with E-state index in [0.29, 0.717) is 6.54 Å². The molecule has 2 heterocycles. The molecule has 1 aliphatic rings. The van der Waals surface area contributed by atoms with Crippen molar-refractivity contribution in [2.24, 2.45) is 5.92 Å². The number of nitrogens with one attached hydrogen (secondary N) is 1. The Morgan fingerprint density at radius 3 is 2.88 bits per heavy atom. The Kier molecular flexibility index (Phi) is 4.79. The molecule has 1 saturated heterocycles. The molecule has 0 radical (unpaired) electrons. The molecular weight excluding hydrogens is 300 g/mol. The molecule has 5 heteroatoms. The van der Waals surface area contributed by atoms with Crippen molar-refractivity contribution in [1.29, 1.82) is 0 Å². The zero-order chi connectivity index (χ0) is 17.1. The van der Waals surface area contributed by atoms with E-state index in [2.05, 4.69) is 33.2 Å². The summed E-state index contributed by atoms with van der Waals surface area (Å²) in [5.74, 6) is 0.767. The number of piperidine rings is 1. The zero-order valence-electron chi connectivity index (χ0n) is 14.5. The predicted octanol–water partition coefficient (Wildman–Crippen LogP) is 3.26. The van der Waals surface area contributed by atoms with Gasteiger partial charge < -0.3 is 10.2 Å². The van der Waals surface area contributed by atoms with Gasteiger partial charge >= 0.3 is 0 Å². The molecule has 2 aromatic rings. The number of hydrogen-bond donors (Lipinski definition) is 1. The van der Waals surface area contributed by atoms with Crippen LogP contribution in [0.1, 0.15) is 29.7 Å². The van der Waals surface area contributed by atoms with E-state index < -0.39 is 0 Å². The van der Waals surface area contributed by atoms with Crippen LogP contribution in [0.25, 0.3) is 0 Å². The number of aryl methyl sites for hydroxylation is 2. The highest BCUT2D eigenvalue weighted by Gasteiger charge is 2.27. The average Bonchev–Trinajstić information content (AvgIpc) is 2.59. The minimum atomic E-state index is -0.0391. The van der Waals surface area contributed by atoms with Crippen molar-refractivity contribution in [1.82, 2.24) is 9.97 Å². The maximum atomic E-state index is 12.7. The molecule has 1 aromatic carbocycles. The Hall–Kier alpha value is -2.43. The first-order valence-electron chi connectivity index (χ1n) is 8.46. The van der Waals surface area contributed by atoms with Crippen molar-refractivity contribution < 1.29 is 4.79 Å². The number of nitrogens with zero attached hydrogens (tertiary/aromatic N) is 3. The second-order valence-electron chi connectivity index (χ2n) is 6.52. The quantitative estimate of drug-likeness (QED) is 0.941. The van der Waals surface area contributed by atoms with Crippen molar-refractivity contribution >= 4 is 17.5 Å². The summed E-state index contributed by atoms with van der Waals surface area (Å²) in [7, 11) is 0. The molecule has 1 fully saturated rings. The molecule has 5 nitrogen and oxygen atoms in total. The molecule has 1 atom stereocenters. The molecule has 1 aromatic heterocycles. The van der Waals surface area contributed by atoms with Gasteiger partial charge in [-0.25, -0.2) is 9.97 Å². The monoisotopic (exact) mass is 324 g/mol. The summed E-state index contributed by atoms with van der Waals surface area (Å²) in [6.45, 7) is 7.62. The molecule has 24 heavy (non-hydrogen) atoms. The number of carbonyl (C=O) groups is 1. The Balaban J connectivity index is 1.70. The Labute approximate surface area is 143 Å². The van der Waals surface area contributed by atoms with Crippen molar-refractivity contribution in [3.8, 4) is 0 Å². The van der Waals surface area contributed by atoms with E-state index >= 15 is 0 Å². The standard InChI is InChI=1S/C19H24N4O/c1-13-6-4-8-17(15(13)3)22-18(24)16-7-5-11-23(12-16)19-20-10-9-14(2)21-19/h4,6,8-10,16H,5,7,11-12H2,1-3H3,(H,22,24)/t16-/m0/s1. The first-order valence-corrected chi connectivity index (χ1v) is 8.46. The zero-order valence-corrected chi connectivity index (χ0v) is 14.5. The highest BCUT2D eigenvalue weighted by molar-refractivity contribution is 5.93. The molecule has 1 amide bonds. The Bertz CT molecular complexity index is 744. The van der Waals surface area contributed by atoms with Crippen LogP contribution in [0.3, 0.4) is 0 Å². The van der Waals surface area contributed by atoms with E-state index in [0.717, 1.165) is 42.3 Å². The van der Waals surface area contributed by atoms with Gasteiger partial charge in [0, 0.05) is 30.7 Å². The van der Waals surface area contributed by atoms with Gasteiger partial charge in [0.2, 0.25) is 11.9 Å². The summed E-state index contributed by atoms with van der Waals surface area (Å²) >= 11 is 0. The largest absolute Gasteiger partial charge is 0.340 e. The number of hydrogen-bond acceptors (Lipinski definition) is 4. The predicted molar refractivity (Wildman–Crippen MR) is 96.3 cm³/mol. The lowest BCUT2D eigenvalue weighted by Crippen LogP contribution is -2.41. The fraction of sp³-hybridized carbons (Fsp3) is 0.421. The lowest BCUT2D eigenvalue weighted by molar-refractivity contribution is -0.120. The van der Waals surface area contributed by atoms with Crippen LogP contribution in [0, 0.1) is 26.7 Å². The Morgan fingerprint density at radius 1 is 1.25 bits per heavy atom. The third kappa shape index (κ3) is 3.55. The van der Waals surface area contributed by atoms with Gasteiger partial charge in [-0.05, 0) is 56.9 Å².